The Balaban J connectivity index is 1.44. The summed E-state index contributed by atoms with van der Waals surface area (Å²) in [5.41, 5.74) is 0.394. The monoisotopic (exact) mass is 378 g/mol. The Hall–Kier alpha value is -1.48. The van der Waals surface area contributed by atoms with Gasteiger partial charge in [0.1, 0.15) is 0 Å². The zero-order valence-corrected chi connectivity index (χ0v) is 15.8. The van der Waals surface area contributed by atoms with E-state index in [0.717, 1.165) is 45.4 Å². The first-order chi connectivity index (χ1) is 12.4. The highest BCUT2D eigenvalue weighted by Gasteiger charge is 2.37. The Morgan fingerprint density at radius 2 is 1.96 bits per heavy atom. The van der Waals surface area contributed by atoms with Gasteiger partial charge in [-0.3, -0.25) is 9.69 Å². The predicted octanol–water partition coefficient (Wildman–Crippen LogP) is 0.245. The zero-order chi connectivity index (χ0) is 18.3. The van der Waals surface area contributed by atoms with Crippen LogP contribution in [-0.4, -0.2) is 75.5 Å². The summed E-state index contributed by atoms with van der Waals surface area (Å²) in [5.74, 6) is -0.203. The van der Waals surface area contributed by atoms with Gasteiger partial charge in [0.2, 0.25) is 10.0 Å². The van der Waals surface area contributed by atoms with Crippen molar-refractivity contribution < 1.29 is 13.2 Å². The van der Waals surface area contributed by atoms with Gasteiger partial charge in [-0.1, -0.05) is 6.07 Å². The summed E-state index contributed by atoms with van der Waals surface area (Å²) in [4.78, 5) is 17.0. The van der Waals surface area contributed by atoms with Gasteiger partial charge in [-0.05, 0) is 44.5 Å². The number of amides is 1. The lowest BCUT2D eigenvalue weighted by Crippen LogP contribution is -2.48. The normalized spacial score (nSPS) is 27.3. The number of likely N-dealkylation sites (N-methyl/N-ethyl adjacent to an activating group) is 1. The van der Waals surface area contributed by atoms with Crippen LogP contribution in [0, 0.1) is 0 Å². The number of nitrogens with one attached hydrogen (secondary N) is 2. The number of nitrogens with zero attached hydrogens (tertiary/aromatic N) is 2. The summed E-state index contributed by atoms with van der Waals surface area (Å²) in [5, 5.41) is 2.89. The molecule has 0 aromatic heterocycles. The number of fused-ring (bicyclic) bond motifs is 1. The van der Waals surface area contributed by atoms with Crippen molar-refractivity contribution in [3.8, 4) is 0 Å². The number of hydrogen-bond donors (Lipinski definition) is 2. The summed E-state index contributed by atoms with van der Waals surface area (Å²) in [6.45, 7) is 3.74. The van der Waals surface area contributed by atoms with E-state index in [-0.39, 0.29) is 22.9 Å². The van der Waals surface area contributed by atoms with Gasteiger partial charge in [0, 0.05) is 49.9 Å². The molecule has 0 bridgehead atoms. The molecule has 7 nitrogen and oxygen atoms in total. The lowest BCUT2D eigenvalue weighted by molar-refractivity contribution is 0.0951. The largest absolute Gasteiger partial charge is 0.349 e. The second-order valence-corrected chi connectivity index (χ2v) is 9.45. The molecular weight excluding hydrogens is 352 g/mol. The van der Waals surface area contributed by atoms with Crippen LogP contribution in [0.3, 0.4) is 0 Å². The third kappa shape index (κ3) is 3.93. The molecule has 2 heterocycles. The number of carbonyl (C=O) groups excluding carboxylic acids is 1. The van der Waals surface area contributed by atoms with Crippen molar-refractivity contribution in [2.45, 2.75) is 42.3 Å². The van der Waals surface area contributed by atoms with E-state index in [1.165, 1.54) is 6.07 Å². The molecule has 8 heteroatoms. The van der Waals surface area contributed by atoms with Crippen LogP contribution in [0.1, 0.15) is 29.6 Å². The molecule has 0 unspecified atom stereocenters. The van der Waals surface area contributed by atoms with Crippen LogP contribution in [0.4, 0.5) is 0 Å². The van der Waals surface area contributed by atoms with Crippen molar-refractivity contribution in [1.29, 1.82) is 0 Å². The van der Waals surface area contributed by atoms with Crippen molar-refractivity contribution >= 4 is 15.9 Å². The highest BCUT2D eigenvalue weighted by molar-refractivity contribution is 7.89. The maximum absolute atomic E-state index is 12.8. The van der Waals surface area contributed by atoms with E-state index in [1.54, 1.807) is 18.2 Å². The summed E-state index contributed by atoms with van der Waals surface area (Å²) in [6.07, 6.45) is 2.82. The molecule has 1 amide bonds. The van der Waals surface area contributed by atoms with E-state index in [1.807, 2.05) is 0 Å². The van der Waals surface area contributed by atoms with Gasteiger partial charge >= 0.3 is 0 Å². The van der Waals surface area contributed by atoms with Crippen molar-refractivity contribution in [1.82, 2.24) is 19.8 Å². The molecule has 2 aliphatic heterocycles. The van der Waals surface area contributed by atoms with E-state index in [0.29, 0.717) is 11.6 Å². The molecule has 0 spiro atoms. The lowest BCUT2D eigenvalue weighted by atomic mass is 10.1. The fourth-order valence-corrected chi connectivity index (χ4v) is 5.16. The van der Waals surface area contributed by atoms with Crippen LogP contribution in [-0.2, 0) is 10.0 Å². The molecule has 3 aliphatic rings. The quantitative estimate of drug-likeness (QED) is 0.767. The van der Waals surface area contributed by atoms with Gasteiger partial charge in [0.05, 0.1) is 4.90 Å². The molecule has 1 saturated carbocycles. The first kappa shape index (κ1) is 17.9. The standard InChI is InChI=1S/C18H26N4O3S/c1-21-7-8-22-11-15(10-16(22)12-21)20-26(24,25)17-4-2-3-13(9-17)18(23)19-14-5-6-14/h2-4,9,14-16,20H,5-8,10-12H2,1H3,(H,19,23)/t15-,16-/m0/s1. The highest BCUT2D eigenvalue weighted by atomic mass is 32.2. The SMILES string of the molecule is CN1CCN2C[C@@H](NS(=O)(=O)c3cccc(C(=O)NC4CC4)c3)C[C@H]2C1. The summed E-state index contributed by atoms with van der Waals surface area (Å²) >= 11 is 0. The molecule has 0 radical (unpaired) electrons. The van der Waals surface area contributed by atoms with Gasteiger partial charge in [0.15, 0.2) is 0 Å². The van der Waals surface area contributed by atoms with Gasteiger partial charge in [-0.15, -0.1) is 0 Å². The summed E-state index contributed by atoms with van der Waals surface area (Å²) in [7, 11) is -1.54. The molecule has 1 aliphatic carbocycles. The Morgan fingerprint density at radius 3 is 2.73 bits per heavy atom. The molecule has 2 N–H and O–H groups in total. The number of rotatable bonds is 5. The molecule has 2 saturated heterocycles. The Kier molecular flexibility index (Phi) is 4.77. The van der Waals surface area contributed by atoms with E-state index < -0.39 is 10.0 Å². The molecule has 4 rings (SSSR count). The van der Waals surface area contributed by atoms with Crippen LogP contribution >= 0.6 is 0 Å². The van der Waals surface area contributed by atoms with Crippen molar-refractivity contribution in [2.24, 2.45) is 0 Å². The Bertz CT molecular complexity index is 793. The van der Waals surface area contributed by atoms with Crippen LogP contribution in [0.2, 0.25) is 0 Å². The number of carbonyl (C=O) groups is 1. The number of benzene rings is 1. The van der Waals surface area contributed by atoms with E-state index >= 15 is 0 Å². The third-order valence-electron chi connectivity index (χ3n) is 5.46. The first-order valence-corrected chi connectivity index (χ1v) is 10.7. The number of sulfonamides is 1. The Labute approximate surface area is 154 Å². The number of piperazine rings is 1. The second-order valence-electron chi connectivity index (χ2n) is 7.74. The van der Waals surface area contributed by atoms with Crippen molar-refractivity contribution in [3.63, 3.8) is 0 Å². The molecule has 2 atom stereocenters. The number of hydrogen-bond acceptors (Lipinski definition) is 5. The minimum absolute atomic E-state index is 0.0829. The molecule has 1 aromatic carbocycles. The summed E-state index contributed by atoms with van der Waals surface area (Å²) in [6, 6.07) is 6.88. The first-order valence-electron chi connectivity index (χ1n) is 9.26. The fourth-order valence-electron chi connectivity index (χ4n) is 3.87. The van der Waals surface area contributed by atoms with E-state index in [9.17, 15) is 13.2 Å². The van der Waals surface area contributed by atoms with Crippen LogP contribution in [0.5, 0.6) is 0 Å². The van der Waals surface area contributed by atoms with Gasteiger partial charge in [-0.2, -0.15) is 0 Å². The maximum atomic E-state index is 12.8. The fraction of sp³-hybridized carbons (Fsp3) is 0.611. The van der Waals surface area contributed by atoms with Crippen molar-refractivity contribution in [3.05, 3.63) is 29.8 Å². The summed E-state index contributed by atoms with van der Waals surface area (Å²) < 4.78 is 28.4. The molecular formula is C18H26N4O3S. The molecule has 3 fully saturated rings. The van der Waals surface area contributed by atoms with Crippen LogP contribution in [0.15, 0.2) is 29.2 Å². The Morgan fingerprint density at radius 1 is 1.15 bits per heavy atom. The highest BCUT2D eigenvalue weighted by Crippen LogP contribution is 2.23. The molecule has 26 heavy (non-hydrogen) atoms. The van der Waals surface area contributed by atoms with Gasteiger partial charge in [-0.25, -0.2) is 13.1 Å². The molecule has 142 valence electrons. The lowest BCUT2D eigenvalue weighted by Gasteiger charge is -2.35. The second kappa shape index (κ2) is 6.92. The molecule has 1 aromatic rings. The maximum Gasteiger partial charge on any atom is 0.251 e. The average molecular weight is 378 g/mol. The average Bonchev–Trinajstić information content (AvgIpc) is 3.33. The van der Waals surface area contributed by atoms with Crippen LogP contribution < -0.4 is 10.0 Å². The zero-order valence-electron chi connectivity index (χ0n) is 15.0. The van der Waals surface area contributed by atoms with E-state index in [4.69, 9.17) is 0 Å². The van der Waals surface area contributed by atoms with Gasteiger partial charge < -0.3 is 10.2 Å². The smallest absolute Gasteiger partial charge is 0.251 e. The van der Waals surface area contributed by atoms with E-state index in [2.05, 4.69) is 26.9 Å². The third-order valence-corrected chi connectivity index (χ3v) is 6.98. The minimum atomic E-state index is -3.64. The predicted molar refractivity (Wildman–Crippen MR) is 98.5 cm³/mol. The van der Waals surface area contributed by atoms with Crippen molar-refractivity contribution in [2.75, 3.05) is 33.2 Å². The van der Waals surface area contributed by atoms with Crippen LogP contribution in [0.25, 0.3) is 0 Å². The topological polar surface area (TPSA) is 81.8 Å². The minimum Gasteiger partial charge on any atom is -0.349 e. The van der Waals surface area contributed by atoms with Gasteiger partial charge in [0.25, 0.3) is 5.91 Å².